The Labute approximate surface area is 169 Å². The molecular weight excluding hydrogens is 372 g/mol. The van der Waals surface area contributed by atoms with E-state index in [-0.39, 0.29) is 5.91 Å². The summed E-state index contributed by atoms with van der Waals surface area (Å²) in [5.41, 5.74) is 2.52. The minimum Gasteiger partial charge on any atom is -0.493 e. The number of benzene rings is 1. The van der Waals surface area contributed by atoms with E-state index in [1.807, 2.05) is 17.9 Å². The molecule has 2 heterocycles. The third-order valence-corrected chi connectivity index (χ3v) is 4.62. The highest BCUT2D eigenvalue weighted by Gasteiger charge is 2.37. The Hall–Kier alpha value is -3.29. The Morgan fingerprint density at radius 3 is 2.83 bits per heavy atom. The van der Waals surface area contributed by atoms with Crippen molar-refractivity contribution in [3.8, 4) is 5.75 Å². The summed E-state index contributed by atoms with van der Waals surface area (Å²) in [7, 11) is 0. The summed E-state index contributed by atoms with van der Waals surface area (Å²) in [5.74, 6) is -0.0685. The number of carbonyl (C=O) groups is 2. The zero-order valence-corrected chi connectivity index (χ0v) is 16.8. The van der Waals surface area contributed by atoms with Crippen molar-refractivity contribution < 1.29 is 19.4 Å². The van der Waals surface area contributed by atoms with E-state index < -0.39 is 12.1 Å². The minimum absolute atomic E-state index is 0.323. The summed E-state index contributed by atoms with van der Waals surface area (Å²) in [6.07, 6.45) is 3.69. The molecule has 1 amide bonds. The van der Waals surface area contributed by atoms with Crippen LogP contribution in [0.5, 0.6) is 5.75 Å². The number of aromatic nitrogens is 2. The van der Waals surface area contributed by atoms with E-state index in [0.29, 0.717) is 47.1 Å². The average Bonchev–Trinajstić information content (AvgIpc) is 3.09. The highest BCUT2D eigenvalue weighted by molar-refractivity contribution is 6.02. The smallest absolute Gasteiger partial charge is 0.328 e. The van der Waals surface area contributed by atoms with E-state index in [1.54, 1.807) is 19.1 Å². The van der Waals surface area contributed by atoms with Gasteiger partial charge in [-0.3, -0.25) is 9.89 Å². The van der Waals surface area contributed by atoms with Crippen molar-refractivity contribution in [2.24, 2.45) is 0 Å². The monoisotopic (exact) mass is 397 g/mol. The molecular formula is C21H25N4O4. The number of carboxylic acids is 1. The molecule has 8 nitrogen and oxygen atoms in total. The maximum atomic E-state index is 12.7. The lowest BCUT2D eigenvalue weighted by Crippen LogP contribution is -2.43. The van der Waals surface area contributed by atoms with Crippen LogP contribution in [0.25, 0.3) is 6.08 Å². The number of aliphatic carboxylic acids is 1. The number of hydrogen-bond donors (Lipinski definition) is 2. The van der Waals surface area contributed by atoms with Gasteiger partial charge in [-0.25, -0.2) is 10.1 Å². The van der Waals surface area contributed by atoms with Crippen LogP contribution >= 0.6 is 0 Å². The van der Waals surface area contributed by atoms with Crippen LogP contribution in [0.1, 0.15) is 60.0 Å². The lowest BCUT2D eigenvalue weighted by Gasteiger charge is -2.36. The van der Waals surface area contributed by atoms with E-state index >= 15 is 0 Å². The number of amides is 1. The van der Waals surface area contributed by atoms with Crippen LogP contribution in [0.3, 0.4) is 0 Å². The molecule has 0 bridgehead atoms. The summed E-state index contributed by atoms with van der Waals surface area (Å²) >= 11 is 0. The molecule has 0 aliphatic carbocycles. The largest absolute Gasteiger partial charge is 0.493 e. The first-order valence-corrected chi connectivity index (χ1v) is 9.70. The second-order valence-electron chi connectivity index (χ2n) is 6.85. The van der Waals surface area contributed by atoms with Crippen LogP contribution in [0.4, 0.5) is 5.82 Å². The maximum absolute atomic E-state index is 12.7. The fraction of sp³-hybridized carbons (Fsp3) is 0.381. The fourth-order valence-corrected chi connectivity index (χ4v) is 3.35. The fourth-order valence-electron chi connectivity index (χ4n) is 3.35. The summed E-state index contributed by atoms with van der Waals surface area (Å²) in [6, 6.07) is 5.40. The Bertz CT molecular complexity index is 935. The molecule has 1 atom stereocenters. The molecule has 0 spiro atoms. The number of nitrogens with one attached hydrogen (secondary N) is 1. The molecule has 2 aromatic rings. The van der Waals surface area contributed by atoms with E-state index in [9.17, 15) is 9.59 Å². The van der Waals surface area contributed by atoms with E-state index in [2.05, 4.69) is 22.4 Å². The van der Waals surface area contributed by atoms with Crippen LogP contribution in [0.15, 0.2) is 24.3 Å². The normalized spacial score (nSPS) is 16.0. The summed E-state index contributed by atoms with van der Waals surface area (Å²) < 4.78 is 5.91. The first-order chi connectivity index (χ1) is 14.0. The second kappa shape index (κ2) is 8.81. The van der Waals surface area contributed by atoms with Gasteiger partial charge in [0, 0.05) is 18.2 Å². The number of fused-ring (bicyclic) bond motifs is 1. The minimum atomic E-state index is -1.03. The Kier molecular flexibility index (Phi) is 6.21. The Morgan fingerprint density at radius 2 is 2.14 bits per heavy atom. The maximum Gasteiger partial charge on any atom is 0.328 e. The molecule has 0 fully saturated rings. The molecule has 0 saturated heterocycles. The van der Waals surface area contributed by atoms with Crippen molar-refractivity contribution in [2.75, 3.05) is 18.1 Å². The first kappa shape index (κ1) is 20.4. The van der Waals surface area contributed by atoms with E-state index in [4.69, 9.17) is 9.84 Å². The van der Waals surface area contributed by atoms with Gasteiger partial charge in [0.2, 0.25) is 0 Å². The van der Waals surface area contributed by atoms with Gasteiger partial charge in [-0.15, -0.1) is 0 Å². The van der Waals surface area contributed by atoms with Crippen LogP contribution in [-0.2, 0) is 4.79 Å². The van der Waals surface area contributed by atoms with Gasteiger partial charge in [-0.1, -0.05) is 19.9 Å². The number of aryl methyl sites for hydroxylation is 1. The van der Waals surface area contributed by atoms with Crippen LogP contribution in [0.2, 0.25) is 0 Å². The van der Waals surface area contributed by atoms with Crippen molar-refractivity contribution in [2.45, 2.75) is 39.8 Å². The number of carboxylic acid groups (broad SMARTS) is 1. The zero-order chi connectivity index (χ0) is 21.0. The third kappa shape index (κ3) is 4.26. The molecule has 1 aromatic heterocycles. The summed E-state index contributed by atoms with van der Waals surface area (Å²) in [4.78, 5) is 25.6. The number of rotatable bonds is 8. The Balaban J connectivity index is 2.08. The number of H-pyrrole nitrogens is 1. The lowest BCUT2D eigenvalue weighted by atomic mass is 10.0. The number of carbonyl (C=O) groups excluding carboxylic acids is 1. The Morgan fingerprint density at radius 1 is 1.34 bits per heavy atom. The van der Waals surface area contributed by atoms with Crippen molar-refractivity contribution in [1.82, 2.24) is 15.5 Å². The number of hydrogen-bond acceptors (Lipinski definition) is 5. The van der Waals surface area contributed by atoms with E-state index in [1.165, 1.54) is 6.08 Å². The van der Waals surface area contributed by atoms with Crippen molar-refractivity contribution in [3.63, 3.8) is 0 Å². The van der Waals surface area contributed by atoms with Crippen molar-refractivity contribution >= 4 is 23.8 Å². The van der Waals surface area contributed by atoms with Gasteiger partial charge in [0.15, 0.2) is 6.17 Å². The highest BCUT2D eigenvalue weighted by Crippen LogP contribution is 2.38. The quantitative estimate of drug-likeness (QED) is 0.662. The number of anilines is 1. The topological polar surface area (TPSA) is 110 Å². The van der Waals surface area contributed by atoms with Crippen LogP contribution in [0, 0.1) is 6.92 Å². The van der Waals surface area contributed by atoms with Gasteiger partial charge in [0.25, 0.3) is 5.91 Å². The molecule has 3 rings (SSSR count). The average molecular weight is 397 g/mol. The molecule has 1 aromatic carbocycles. The molecule has 29 heavy (non-hydrogen) atoms. The summed E-state index contributed by atoms with van der Waals surface area (Å²) in [5, 5.41) is 20.5. The second-order valence-corrected chi connectivity index (χ2v) is 6.85. The summed E-state index contributed by atoms with van der Waals surface area (Å²) in [6.45, 7) is 7.04. The molecule has 1 unspecified atom stereocenters. The van der Waals surface area contributed by atoms with Gasteiger partial charge in [0.05, 0.1) is 12.3 Å². The zero-order valence-electron chi connectivity index (χ0n) is 16.8. The molecule has 1 radical (unpaired) electrons. The number of aromatic amines is 1. The predicted octanol–water partition coefficient (Wildman–Crippen LogP) is 3.28. The standard InChI is InChI=1S/C21H25N4O4/c1-4-10-25-19(22-21(28)18-13(3)23-24-20(18)25)15-12-14(7-9-17(26)27)6-8-16(15)29-11-5-2/h6-9,12,19H,4-5,10-11H2,1-3H3,(H,23,24)(H,26,27). The number of ether oxygens (including phenoxy) is 1. The molecule has 0 saturated carbocycles. The molecule has 2 N–H and O–H groups in total. The molecule has 1 aliphatic heterocycles. The van der Waals surface area contributed by atoms with Gasteiger partial charge < -0.3 is 14.7 Å². The first-order valence-electron chi connectivity index (χ1n) is 9.70. The van der Waals surface area contributed by atoms with Crippen molar-refractivity contribution in [3.05, 3.63) is 46.7 Å². The number of nitrogens with zero attached hydrogens (tertiary/aromatic N) is 3. The van der Waals surface area contributed by atoms with Gasteiger partial charge in [-0.05, 0) is 43.5 Å². The van der Waals surface area contributed by atoms with Gasteiger partial charge in [-0.2, -0.15) is 5.10 Å². The molecule has 1 aliphatic rings. The SMILES string of the molecule is CCCOc1ccc(C=CC(=O)O)cc1C1[N]C(=O)c2c(C)n[nH]c2N1CCC. The van der Waals surface area contributed by atoms with Crippen molar-refractivity contribution in [1.29, 1.82) is 0 Å². The predicted molar refractivity (Wildman–Crippen MR) is 109 cm³/mol. The molecule has 8 heteroatoms. The van der Waals surface area contributed by atoms with Crippen LogP contribution < -0.4 is 15.0 Å². The lowest BCUT2D eigenvalue weighted by molar-refractivity contribution is -0.131. The highest BCUT2D eigenvalue weighted by atomic mass is 16.5. The molecule has 153 valence electrons. The van der Waals surface area contributed by atoms with Gasteiger partial charge >= 0.3 is 5.97 Å². The van der Waals surface area contributed by atoms with Crippen LogP contribution in [-0.4, -0.2) is 40.3 Å². The third-order valence-electron chi connectivity index (χ3n) is 4.62. The van der Waals surface area contributed by atoms with Gasteiger partial charge in [0.1, 0.15) is 17.1 Å². The van der Waals surface area contributed by atoms with E-state index in [0.717, 1.165) is 18.9 Å².